The lowest BCUT2D eigenvalue weighted by Gasteiger charge is -2.34. The molecule has 29 heavy (non-hydrogen) atoms. The van der Waals surface area contributed by atoms with Crippen LogP contribution in [-0.2, 0) is 4.79 Å². The maximum Gasteiger partial charge on any atom is 0.225 e. The molecule has 3 rings (SSSR count). The molecule has 1 heterocycles. The zero-order valence-corrected chi connectivity index (χ0v) is 18.3. The Labute approximate surface area is 186 Å². The molecule has 156 valence electrons. The third-order valence-corrected chi connectivity index (χ3v) is 5.79. The average Bonchev–Trinajstić information content (AvgIpc) is 2.72. The fraction of sp³-hybridized carbons (Fsp3) is 0.381. The number of amides is 1. The predicted molar refractivity (Wildman–Crippen MR) is 120 cm³/mol. The minimum atomic E-state index is -0.0874. The predicted octanol–water partition coefficient (Wildman–Crippen LogP) is 4.67. The monoisotopic (exact) mass is 455 g/mol. The lowest BCUT2D eigenvalue weighted by Crippen LogP contribution is -2.48. The van der Waals surface area contributed by atoms with E-state index in [0.29, 0.717) is 40.3 Å². The van der Waals surface area contributed by atoms with E-state index in [9.17, 15) is 4.79 Å². The topological polar surface area (TPSA) is 44.8 Å². The Morgan fingerprint density at radius 1 is 0.862 bits per heavy atom. The summed E-state index contributed by atoms with van der Waals surface area (Å²) in [4.78, 5) is 16.9. The van der Waals surface area contributed by atoms with Gasteiger partial charge in [0.05, 0.1) is 20.8 Å². The highest BCUT2D eigenvalue weighted by Gasteiger charge is 2.18. The van der Waals surface area contributed by atoms with Gasteiger partial charge in [0.25, 0.3) is 0 Å². The highest BCUT2D eigenvalue weighted by atomic mass is 35.5. The number of hydrogen-bond donors (Lipinski definition) is 1. The van der Waals surface area contributed by atoms with E-state index in [0.717, 1.165) is 38.5 Å². The smallest absolute Gasteiger partial charge is 0.225 e. The summed E-state index contributed by atoms with van der Waals surface area (Å²) in [5.41, 5.74) is 0.476. The van der Waals surface area contributed by atoms with Crippen LogP contribution in [-0.4, -0.2) is 61.6 Å². The van der Waals surface area contributed by atoms with Gasteiger partial charge in [-0.05, 0) is 24.3 Å². The van der Waals surface area contributed by atoms with Crippen LogP contribution in [0.5, 0.6) is 5.75 Å². The maximum absolute atomic E-state index is 12.2. The Morgan fingerprint density at radius 2 is 1.45 bits per heavy atom. The van der Waals surface area contributed by atoms with Crippen molar-refractivity contribution in [2.24, 2.45) is 0 Å². The molecule has 1 aliphatic rings. The van der Waals surface area contributed by atoms with Crippen LogP contribution in [0, 0.1) is 0 Å². The first-order valence-corrected chi connectivity index (χ1v) is 10.7. The van der Waals surface area contributed by atoms with Gasteiger partial charge in [-0.1, -0.05) is 53.0 Å². The van der Waals surface area contributed by atoms with Crippen LogP contribution in [0.1, 0.15) is 6.42 Å². The Hall–Kier alpha value is -1.50. The van der Waals surface area contributed by atoms with Crippen molar-refractivity contribution in [1.82, 2.24) is 9.80 Å². The van der Waals surface area contributed by atoms with E-state index < -0.39 is 0 Å². The zero-order valence-electron chi connectivity index (χ0n) is 16.0. The number of halogens is 3. The number of nitrogens with zero attached hydrogens (tertiary/aromatic N) is 2. The minimum absolute atomic E-state index is 0.0874. The quantitative estimate of drug-likeness (QED) is 0.627. The van der Waals surface area contributed by atoms with Crippen molar-refractivity contribution in [2.75, 3.05) is 51.2 Å². The number of nitrogens with one attached hydrogen (secondary N) is 1. The highest BCUT2D eigenvalue weighted by molar-refractivity contribution is 6.39. The molecular formula is C21H24Cl3N3O2. The fourth-order valence-electron chi connectivity index (χ4n) is 3.16. The van der Waals surface area contributed by atoms with Gasteiger partial charge in [-0.15, -0.1) is 0 Å². The summed E-state index contributed by atoms with van der Waals surface area (Å²) in [6.45, 7) is 5.90. The van der Waals surface area contributed by atoms with Gasteiger partial charge in [0.15, 0.2) is 0 Å². The van der Waals surface area contributed by atoms with Crippen LogP contribution in [0.4, 0.5) is 5.69 Å². The summed E-state index contributed by atoms with van der Waals surface area (Å²) in [5.74, 6) is 0.632. The molecule has 0 saturated carbocycles. The summed E-state index contributed by atoms with van der Waals surface area (Å²) >= 11 is 18.3. The molecule has 0 radical (unpaired) electrons. The van der Waals surface area contributed by atoms with Crippen LogP contribution < -0.4 is 10.1 Å². The van der Waals surface area contributed by atoms with E-state index >= 15 is 0 Å². The SMILES string of the molecule is O=C(CCN1CCN(CCOc2ccccc2Cl)CC1)Nc1c(Cl)cccc1Cl. The second kappa shape index (κ2) is 11.0. The zero-order chi connectivity index (χ0) is 20.6. The third-order valence-electron chi connectivity index (χ3n) is 4.85. The minimum Gasteiger partial charge on any atom is -0.491 e. The van der Waals surface area contributed by atoms with Crippen molar-refractivity contribution in [3.63, 3.8) is 0 Å². The first-order valence-electron chi connectivity index (χ1n) is 9.59. The molecule has 0 atom stereocenters. The Morgan fingerprint density at radius 3 is 2.10 bits per heavy atom. The maximum atomic E-state index is 12.2. The van der Waals surface area contributed by atoms with Crippen molar-refractivity contribution >= 4 is 46.4 Å². The lowest BCUT2D eigenvalue weighted by atomic mass is 10.2. The number of rotatable bonds is 8. The van der Waals surface area contributed by atoms with Crippen molar-refractivity contribution in [3.8, 4) is 5.75 Å². The molecule has 2 aromatic rings. The van der Waals surface area contributed by atoms with E-state index in [-0.39, 0.29) is 5.91 Å². The number of ether oxygens (including phenoxy) is 1. The third kappa shape index (κ3) is 6.76. The Kier molecular flexibility index (Phi) is 8.45. The number of piperazine rings is 1. The van der Waals surface area contributed by atoms with Gasteiger partial charge in [0.2, 0.25) is 5.91 Å². The van der Waals surface area contributed by atoms with Crippen molar-refractivity contribution in [1.29, 1.82) is 0 Å². The first kappa shape index (κ1) is 22.2. The van der Waals surface area contributed by atoms with Gasteiger partial charge in [-0.3, -0.25) is 9.69 Å². The van der Waals surface area contributed by atoms with Crippen molar-refractivity contribution in [2.45, 2.75) is 6.42 Å². The van der Waals surface area contributed by atoms with E-state index in [1.807, 2.05) is 24.3 Å². The van der Waals surface area contributed by atoms with Crippen LogP contribution >= 0.6 is 34.8 Å². The first-order chi connectivity index (χ1) is 14.0. The molecule has 1 N–H and O–H groups in total. The van der Waals surface area contributed by atoms with Crippen molar-refractivity contribution < 1.29 is 9.53 Å². The molecule has 1 saturated heterocycles. The molecule has 0 aromatic heterocycles. The number of carbonyl (C=O) groups is 1. The summed E-state index contributed by atoms with van der Waals surface area (Å²) in [6, 6.07) is 12.7. The summed E-state index contributed by atoms with van der Waals surface area (Å²) in [7, 11) is 0. The standard InChI is InChI=1S/C21H24Cl3N3O2/c22-16-4-1-2-7-19(16)29-15-14-27-12-10-26(11-13-27)9-8-20(28)25-21-17(23)5-3-6-18(21)24/h1-7H,8-15H2,(H,25,28). The molecule has 0 unspecified atom stereocenters. The van der Waals surface area contributed by atoms with Gasteiger partial charge in [0, 0.05) is 45.7 Å². The number of hydrogen-bond acceptors (Lipinski definition) is 4. The summed E-state index contributed by atoms with van der Waals surface area (Å²) in [5, 5.41) is 4.33. The molecule has 1 aliphatic heterocycles. The largest absolute Gasteiger partial charge is 0.491 e. The second-order valence-electron chi connectivity index (χ2n) is 6.86. The average molecular weight is 457 g/mol. The number of benzene rings is 2. The van der Waals surface area contributed by atoms with Gasteiger partial charge in [-0.25, -0.2) is 0 Å². The van der Waals surface area contributed by atoms with E-state index in [4.69, 9.17) is 39.5 Å². The molecule has 8 heteroatoms. The number of anilines is 1. The lowest BCUT2D eigenvalue weighted by molar-refractivity contribution is -0.116. The molecule has 2 aromatic carbocycles. The highest BCUT2D eigenvalue weighted by Crippen LogP contribution is 2.29. The molecule has 0 bridgehead atoms. The molecule has 1 fully saturated rings. The van der Waals surface area contributed by atoms with Gasteiger partial charge >= 0.3 is 0 Å². The molecule has 1 amide bonds. The molecular weight excluding hydrogens is 433 g/mol. The summed E-state index contributed by atoms with van der Waals surface area (Å²) < 4.78 is 5.76. The van der Waals surface area contributed by atoms with Crippen LogP contribution in [0.3, 0.4) is 0 Å². The van der Waals surface area contributed by atoms with Gasteiger partial charge in [0.1, 0.15) is 12.4 Å². The molecule has 5 nitrogen and oxygen atoms in total. The Bertz CT molecular complexity index is 806. The van der Waals surface area contributed by atoms with E-state index in [1.165, 1.54) is 0 Å². The molecule has 0 aliphatic carbocycles. The fourth-order valence-corrected chi connectivity index (χ4v) is 3.84. The van der Waals surface area contributed by atoms with Crippen LogP contribution in [0.25, 0.3) is 0 Å². The summed E-state index contributed by atoms with van der Waals surface area (Å²) in [6.07, 6.45) is 0.400. The second-order valence-corrected chi connectivity index (χ2v) is 8.08. The number of para-hydroxylation sites is 2. The van der Waals surface area contributed by atoms with Crippen molar-refractivity contribution in [3.05, 3.63) is 57.5 Å². The molecule has 0 spiro atoms. The van der Waals surface area contributed by atoms with E-state index in [2.05, 4.69) is 15.1 Å². The van der Waals surface area contributed by atoms with E-state index in [1.54, 1.807) is 18.2 Å². The van der Waals surface area contributed by atoms with Gasteiger partial charge < -0.3 is 15.0 Å². The Balaban J connectivity index is 1.33. The van der Waals surface area contributed by atoms with Crippen LogP contribution in [0.15, 0.2) is 42.5 Å². The normalized spacial score (nSPS) is 15.3. The number of carbonyl (C=O) groups excluding carboxylic acids is 1. The van der Waals surface area contributed by atoms with Gasteiger partial charge in [-0.2, -0.15) is 0 Å². The van der Waals surface area contributed by atoms with Crippen LogP contribution in [0.2, 0.25) is 15.1 Å².